The summed E-state index contributed by atoms with van der Waals surface area (Å²) in [4.78, 5) is 55.7. The van der Waals surface area contributed by atoms with Crippen molar-refractivity contribution in [2.24, 2.45) is 0 Å². The third kappa shape index (κ3) is 2.59. The predicted molar refractivity (Wildman–Crippen MR) is 73.2 cm³/mol. The number of hydrogen-bond donors (Lipinski definition) is 2. The first-order valence-corrected chi connectivity index (χ1v) is 8.07. The van der Waals surface area contributed by atoms with E-state index in [1.54, 1.807) is 0 Å². The number of aliphatic carboxylic acids is 1. The van der Waals surface area contributed by atoms with Crippen molar-refractivity contribution in [3.8, 4) is 0 Å². The molecule has 12 heteroatoms. The summed E-state index contributed by atoms with van der Waals surface area (Å²) >= 11 is 0. The van der Waals surface area contributed by atoms with Crippen LogP contribution in [0.5, 0.6) is 0 Å². The Hall–Kier alpha value is -2.60. The highest BCUT2D eigenvalue weighted by Gasteiger charge is 2.62. The van der Waals surface area contributed by atoms with Crippen LogP contribution in [0.3, 0.4) is 0 Å². The lowest BCUT2D eigenvalue weighted by atomic mass is 10.2. The second-order valence-corrected chi connectivity index (χ2v) is 6.68. The van der Waals surface area contributed by atoms with Crippen molar-refractivity contribution in [1.29, 1.82) is 0 Å². The molecule has 11 nitrogen and oxygen atoms in total. The summed E-state index contributed by atoms with van der Waals surface area (Å²) in [5, 5.41) is 8.82. The van der Waals surface area contributed by atoms with Gasteiger partial charge in [0.05, 0.1) is 6.42 Å². The number of amides is 4. The third-order valence-electron chi connectivity index (χ3n) is 3.64. The molecule has 0 bridgehead atoms. The van der Waals surface area contributed by atoms with Crippen LogP contribution < -0.4 is 0 Å². The largest absolute Gasteiger partial charge is 0.481 e. The van der Waals surface area contributed by atoms with E-state index in [1.165, 1.54) is 0 Å². The van der Waals surface area contributed by atoms with Crippen LogP contribution in [0.2, 0.25) is 0 Å². The molecular formula is C12H12N2O9S. The van der Waals surface area contributed by atoms with Crippen LogP contribution in [0.25, 0.3) is 0 Å². The van der Waals surface area contributed by atoms with Gasteiger partial charge in [-0.2, -0.15) is 8.42 Å². The topological polar surface area (TPSA) is 166 Å². The van der Waals surface area contributed by atoms with Gasteiger partial charge in [-0.05, 0) is 0 Å². The van der Waals surface area contributed by atoms with E-state index in [-0.39, 0.29) is 9.80 Å². The van der Waals surface area contributed by atoms with Crippen molar-refractivity contribution in [3.05, 3.63) is 12.2 Å². The number of carbonyl (C=O) groups excluding carboxylic acids is 4. The molecule has 1 fully saturated rings. The molecule has 0 aliphatic carbocycles. The highest BCUT2D eigenvalue weighted by atomic mass is 32.2. The van der Waals surface area contributed by atoms with E-state index in [2.05, 4.69) is 0 Å². The molecule has 4 amide bonds. The van der Waals surface area contributed by atoms with Gasteiger partial charge in [-0.1, -0.05) is 0 Å². The van der Waals surface area contributed by atoms with E-state index in [1.807, 2.05) is 0 Å². The lowest BCUT2D eigenvalue weighted by Gasteiger charge is -2.42. The second kappa shape index (κ2) is 5.79. The van der Waals surface area contributed by atoms with E-state index in [0.29, 0.717) is 12.2 Å². The number of rotatable bonds is 6. The molecule has 2 N–H and O–H groups in total. The summed E-state index contributed by atoms with van der Waals surface area (Å²) in [6.07, 6.45) is -1.41. The minimum Gasteiger partial charge on any atom is -0.481 e. The first kappa shape index (κ1) is 17.7. The van der Waals surface area contributed by atoms with E-state index >= 15 is 0 Å². The van der Waals surface area contributed by atoms with Gasteiger partial charge in [0.2, 0.25) is 11.8 Å². The van der Waals surface area contributed by atoms with Crippen LogP contribution in [-0.4, -0.2) is 62.5 Å². The summed E-state index contributed by atoms with van der Waals surface area (Å²) in [6.45, 7) is 0. The molecule has 2 aliphatic heterocycles. The molecule has 0 aromatic heterocycles. The van der Waals surface area contributed by atoms with Crippen LogP contribution in [0.1, 0.15) is 25.7 Å². The molecule has 2 aliphatic rings. The SMILES string of the molecule is O=C(O)CCC(N1C(=O)C=CC1=O)(N1C(=O)CCC1=O)S(=O)(=O)O. The number of imide groups is 2. The van der Waals surface area contributed by atoms with Gasteiger partial charge in [-0.15, -0.1) is 0 Å². The Morgan fingerprint density at radius 1 is 1.04 bits per heavy atom. The number of hydrogen-bond acceptors (Lipinski definition) is 7. The molecule has 1 atom stereocenters. The van der Waals surface area contributed by atoms with E-state index < -0.39 is 70.4 Å². The van der Waals surface area contributed by atoms with Gasteiger partial charge in [0.1, 0.15) is 0 Å². The number of carboxylic acids is 1. The van der Waals surface area contributed by atoms with Crippen molar-refractivity contribution < 1.29 is 42.0 Å². The maximum atomic E-state index is 12.1. The lowest BCUT2D eigenvalue weighted by molar-refractivity contribution is -0.159. The van der Waals surface area contributed by atoms with Crippen molar-refractivity contribution in [1.82, 2.24) is 9.80 Å². The molecule has 0 saturated carbocycles. The molecule has 0 radical (unpaired) electrons. The van der Waals surface area contributed by atoms with E-state index in [9.17, 15) is 36.9 Å². The van der Waals surface area contributed by atoms with Gasteiger partial charge < -0.3 is 5.11 Å². The summed E-state index contributed by atoms with van der Waals surface area (Å²) in [6, 6.07) is 0. The summed E-state index contributed by atoms with van der Waals surface area (Å²) in [7, 11) is -5.46. The highest BCUT2D eigenvalue weighted by molar-refractivity contribution is 7.87. The standard InChI is InChI=1S/C12H12N2O9S/c15-7-1-2-8(16)13(7)12(24(21,22)23,6-5-11(19)20)14-9(17)3-4-10(14)18/h1-2H,3-6H2,(H,19,20)(H,21,22,23). The van der Waals surface area contributed by atoms with Crippen LogP contribution in [0.4, 0.5) is 0 Å². The van der Waals surface area contributed by atoms with Crippen molar-refractivity contribution >= 4 is 39.7 Å². The Labute approximate surface area is 135 Å². The van der Waals surface area contributed by atoms with Crippen LogP contribution >= 0.6 is 0 Å². The molecule has 24 heavy (non-hydrogen) atoms. The lowest BCUT2D eigenvalue weighted by Crippen LogP contribution is -2.68. The van der Waals surface area contributed by atoms with Crippen LogP contribution in [0.15, 0.2) is 12.2 Å². The van der Waals surface area contributed by atoms with Gasteiger partial charge in [0.15, 0.2) is 0 Å². The minimum atomic E-state index is -5.46. The fourth-order valence-corrected chi connectivity index (χ4v) is 3.87. The first-order chi connectivity index (χ1) is 11.0. The highest BCUT2D eigenvalue weighted by Crippen LogP contribution is 2.37. The number of carboxylic acid groups (broad SMARTS) is 1. The summed E-state index contributed by atoms with van der Waals surface area (Å²) in [5.41, 5.74) is 0. The smallest absolute Gasteiger partial charge is 0.310 e. The first-order valence-electron chi connectivity index (χ1n) is 6.63. The second-order valence-electron chi connectivity index (χ2n) is 5.08. The summed E-state index contributed by atoms with van der Waals surface area (Å²) in [5.74, 6) is -6.01. The molecule has 0 aromatic rings. The van der Waals surface area contributed by atoms with Gasteiger partial charge in [-0.25, -0.2) is 9.80 Å². The van der Waals surface area contributed by atoms with Crippen LogP contribution in [-0.2, 0) is 34.1 Å². The fourth-order valence-electron chi connectivity index (χ4n) is 2.66. The normalized spacial score (nSPS) is 20.9. The van der Waals surface area contributed by atoms with Crippen molar-refractivity contribution in [2.45, 2.75) is 30.7 Å². The Balaban J connectivity index is 2.72. The molecule has 1 saturated heterocycles. The maximum absolute atomic E-state index is 12.1. The minimum absolute atomic E-state index is 0.0202. The Morgan fingerprint density at radius 2 is 1.50 bits per heavy atom. The molecule has 2 heterocycles. The molecule has 1 unspecified atom stereocenters. The predicted octanol–water partition coefficient (Wildman–Crippen LogP) is -1.53. The Bertz CT molecular complexity index is 746. The van der Waals surface area contributed by atoms with Crippen molar-refractivity contribution in [2.75, 3.05) is 0 Å². The van der Waals surface area contributed by atoms with E-state index in [0.717, 1.165) is 0 Å². The molecule has 130 valence electrons. The maximum Gasteiger partial charge on any atom is 0.310 e. The molecular weight excluding hydrogens is 348 g/mol. The number of carbonyl (C=O) groups is 5. The zero-order valence-corrected chi connectivity index (χ0v) is 12.9. The molecule has 0 spiro atoms. The zero-order valence-electron chi connectivity index (χ0n) is 12.0. The monoisotopic (exact) mass is 360 g/mol. The third-order valence-corrected chi connectivity index (χ3v) is 5.03. The average molecular weight is 360 g/mol. The average Bonchev–Trinajstić information content (AvgIpc) is 2.95. The zero-order chi connectivity index (χ0) is 18.3. The van der Waals surface area contributed by atoms with Gasteiger partial charge >= 0.3 is 16.1 Å². The van der Waals surface area contributed by atoms with Gasteiger partial charge in [0.25, 0.3) is 16.8 Å². The molecule has 2 rings (SSSR count). The number of nitrogens with zero attached hydrogens (tertiary/aromatic N) is 2. The van der Waals surface area contributed by atoms with Gasteiger partial charge in [-0.3, -0.25) is 28.5 Å². The van der Waals surface area contributed by atoms with Gasteiger partial charge in [0, 0.05) is 31.4 Å². The van der Waals surface area contributed by atoms with E-state index in [4.69, 9.17) is 5.11 Å². The quantitative estimate of drug-likeness (QED) is 0.422. The fraction of sp³-hybridized carbons (Fsp3) is 0.417. The Morgan fingerprint density at radius 3 is 1.88 bits per heavy atom. The molecule has 0 aromatic carbocycles. The summed E-state index contributed by atoms with van der Waals surface area (Å²) < 4.78 is 33.8. The number of likely N-dealkylation sites (tertiary alicyclic amines) is 1. The Kier molecular flexibility index (Phi) is 4.29. The van der Waals surface area contributed by atoms with Crippen molar-refractivity contribution in [3.63, 3.8) is 0 Å². The van der Waals surface area contributed by atoms with Crippen LogP contribution in [0, 0.1) is 0 Å².